The number of aromatic nitrogens is 2. The molecule has 0 aliphatic heterocycles. The Balaban J connectivity index is 2.32. The van der Waals surface area contributed by atoms with E-state index in [-0.39, 0.29) is 5.91 Å². The molecule has 0 atom stereocenters. The molecule has 0 saturated carbocycles. The van der Waals surface area contributed by atoms with Gasteiger partial charge in [0.15, 0.2) is 0 Å². The predicted molar refractivity (Wildman–Crippen MR) is 69.0 cm³/mol. The number of thiophene rings is 1. The third-order valence-corrected chi connectivity index (χ3v) is 3.22. The molecule has 0 unspecified atom stereocenters. The van der Waals surface area contributed by atoms with Crippen LogP contribution in [0.15, 0.2) is 24.5 Å². The summed E-state index contributed by atoms with van der Waals surface area (Å²) in [7, 11) is 0. The van der Waals surface area contributed by atoms with E-state index in [2.05, 4.69) is 21.9 Å². The van der Waals surface area contributed by atoms with Gasteiger partial charge in [0.2, 0.25) is 0 Å². The summed E-state index contributed by atoms with van der Waals surface area (Å²) in [5.41, 5.74) is 7.72. The number of nitrogens with one attached hydrogen (secondary N) is 1. The SMILES string of the molecule is C=C(C)CNC(=O)c1sc2nccnc2c1N. The van der Waals surface area contributed by atoms with Crippen molar-refractivity contribution in [3.05, 3.63) is 29.4 Å². The van der Waals surface area contributed by atoms with Crippen molar-refractivity contribution in [1.82, 2.24) is 15.3 Å². The van der Waals surface area contributed by atoms with Gasteiger partial charge in [-0.1, -0.05) is 12.2 Å². The van der Waals surface area contributed by atoms with Crippen molar-refractivity contribution in [3.8, 4) is 0 Å². The Kier molecular flexibility index (Phi) is 3.06. The van der Waals surface area contributed by atoms with Crippen LogP contribution in [0.3, 0.4) is 0 Å². The monoisotopic (exact) mass is 248 g/mol. The van der Waals surface area contributed by atoms with E-state index in [4.69, 9.17) is 5.73 Å². The fourth-order valence-corrected chi connectivity index (χ4v) is 2.26. The molecular weight excluding hydrogens is 236 g/mol. The minimum absolute atomic E-state index is 0.213. The zero-order valence-corrected chi connectivity index (χ0v) is 10.2. The van der Waals surface area contributed by atoms with Gasteiger partial charge in [0.25, 0.3) is 5.91 Å². The Bertz CT molecular complexity index is 590. The molecule has 5 nitrogen and oxygen atoms in total. The first-order valence-electron chi connectivity index (χ1n) is 5.01. The van der Waals surface area contributed by atoms with E-state index < -0.39 is 0 Å². The van der Waals surface area contributed by atoms with E-state index in [9.17, 15) is 4.79 Å². The quantitative estimate of drug-likeness (QED) is 0.808. The topological polar surface area (TPSA) is 80.9 Å². The lowest BCUT2D eigenvalue weighted by molar-refractivity contribution is 0.0962. The predicted octanol–water partition coefficient (Wildman–Crippen LogP) is 1.58. The van der Waals surface area contributed by atoms with E-state index in [0.29, 0.717) is 27.5 Å². The minimum Gasteiger partial charge on any atom is -0.396 e. The number of nitrogens with two attached hydrogens (primary N) is 1. The van der Waals surface area contributed by atoms with Crippen molar-refractivity contribution >= 4 is 33.3 Å². The first kappa shape index (κ1) is 11.5. The highest BCUT2D eigenvalue weighted by Gasteiger charge is 2.17. The zero-order valence-electron chi connectivity index (χ0n) is 9.36. The van der Waals surface area contributed by atoms with Crippen LogP contribution in [0.2, 0.25) is 0 Å². The summed E-state index contributed by atoms with van der Waals surface area (Å²) in [4.78, 5) is 21.2. The third kappa shape index (κ3) is 2.26. The van der Waals surface area contributed by atoms with Crippen molar-refractivity contribution in [2.75, 3.05) is 12.3 Å². The number of anilines is 1. The van der Waals surface area contributed by atoms with Crippen LogP contribution in [0.5, 0.6) is 0 Å². The summed E-state index contributed by atoms with van der Waals surface area (Å²) >= 11 is 1.24. The van der Waals surface area contributed by atoms with E-state index in [1.54, 1.807) is 12.4 Å². The van der Waals surface area contributed by atoms with Crippen LogP contribution in [0.1, 0.15) is 16.6 Å². The first-order valence-corrected chi connectivity index (χ1v) is 5.83. The molecule has 6 heteroatoms. The average molecular weight is 248 g/mol. The summed E-state index contributed by atoms with van der Waals surface area (Å²) in [6, 6.07) is 0. The first-order chi connectivity index (χ1) is 8.09. The van der Waals surface area contributed by atoms with Crippen molar-refractivity contribution in [3.63, 3.8) is 0 Å². The van der Waals surface area contributed by atoms with Crippen LogP contribution < -0.4 is 11.1 Å². The lowest BCUT2D eigenvalue weighted by atomic mass is 10.3. The van der Waals surface area contributed by atoms with E-state index in [1.807, 2.05) is 6.92 Å². The second-order valence-corrected chi connectivity index (χ2v) is 4.69. The van der Waals surface area contributed by atoms with Crippen molar-refractivity contribution < 1.29 is 4.79 Å². The van der Waals surface area contributed by atoms with Crippen LogP contribution >= 0.6 is 11.3 Å². The summed E-state index contributed by atoms with van der Waals surface area (Å²) in [6.07, 6.45) is 3.13. The van der Waals surface area contributed by atoms with Crippen LogP contribution in [0.4, 0.5) is 5.69 Å². The summed E-state index contributed by atoms with van der Waals surface area (Å²) in [6.45, 7) is 6.00. The molecule has 0 aliphatic carbocycles. The molecule has 0 radical (unpaired) electrons. The second kappa shape index (κ2) is 4.50. The highest BCUT2D eigenvalue weighted by molar-refractivity contribution is 7.21. The molecule has 2 rings (SSSR count). The number of carbonyl (C=O) groups is 1. The maximum atomic E-state index is 11.9. The van der Waals surface area contributed by atoms with Gasteiger partial charge in [0, 0.05) is 18.9 Å². The Morgan fingerprint density at radius 1 is 1.53 bits per heavy atom. The standard InChI is InChI=1S/C11H12N4OS/c1-6(2)5-15-10(16)9-7(12)8-11(17-9)14-4-3-13-8/h3-4H,1,5,12H2,2H3,(H,15,16). The van der Waals surface area contributed by atoms with E-state index in [0.717, 1.165) is 5.57 Å². The minimum atomic E-state index is -0.213. The molecule has 0 bridgehead atoms. The van der Waals surface area contributed by atoms with Gasteiger partial charge in [-0.2, -0.15) is 0 Å². The lowest BCUT2D eigenvalue weighted by Crippen LogP contribution is -2.24. The fraction of sp³-hybridized carbons (Fsp3) is 0.182. The van der Waals surface area contributed by atoms with Crippen LogP contribution in [0, 0.1) is 0 Å². The van der Waals surface area contributed by atoms with Crippen LogP contribution in [-0.4, -0.2) is 22.4 Å². The number of carbonyl (C=O) groups excluding carboxylic acids is 1. The number of nitrogens with zero attached hydrogens (tertiary/aromatic N) is 2. The molecular formula is C11H12N4OS. The van der Waals surface area contributed by atoms with Gasteiger partial charge >= 0.3 is 0 Å². The molecule has 0 aliphatic rings. The molecule has 17 heavy (non-hydrogen) atoms. The van der Waals surface area contributed by atoms with Gasteiger partial charge < -0.3 is 11.1 Å². The van der Waals surface area contributed by atoms with Gasteiger partial charge in [-0.3, -0.25) is 4.79 Å². The van der Waals surface area contributed by atoms with Gasteiger partial charge in [0.1, 0.15) is 15.2 Å². The number of amides is 1. The molecule has 0 aromatic carbocycles. The highest BCUT2D eigenvalue weighted by Crippen LogP contribution is 2.30. The Hall–Kier alpha value is -1.95. The van der Waals surface area contributed by atoms with Crippen molar-refractivity contribution in [2.24, 2.45) is 0 Å². The molecule has 0 fully saturated rings. The van der Waals surface area contributed by atoms with Gasteiger partial charge in [-0.05, 0) is 6.92 Å². The van der Waals surface area contributed by atoms with Crippen LogP contribution in [-0.2, 0) is 0 Å². The normalized spacial score (nSPS) is 10.4. The molecule has 0 spiro atoms. The number of rotatable bonds is 3. The Morgan fingerprint density at radius 2 is 2.24 bits per heavy atom. The molecule has 2 aromatic heterocycles. The number of hydrogen-bond donors (Lipinski definition) is 2. The third-order valence-electron chi connectivity index (χ3n) is 2.12. The average Bonchev–Trinajstić information content (AvgIpc) is 2.64. The second-order valence-electron chi connectivity index (χ2n) is 3.69. The van der Waals surface area contributed by atoms with E-state index in [1.165, 1.54) is 11.3 Å². The Morgan fingerprint density at radius 3 is 2.88 bits per heavy atom. The summed E-state index contributed by atoms with van der Waals surface area (Å²) in [5.74, 6) is -0.213. The number of nitrogen functional groups attached to an aromatic ring is 1. The highest BCUT2D eigenvalue weighted by atomic mass is 32.1. The number of hydrogen-bond acceptors (Lipinski definition) is 5. The molecule has 3 N–H and O–H groups in total. The maximum Gasteiger partial charge on any atom is 0.263 e. The van der Waals surface area contributed by atoms with Gasteiger partial charge in [-0.15, -0.1) is 11.3 Å². The van der Waals surface area contributed by atoms with Crippen LogP contribution in [0.25, 0.3) is 10.3 Å². The molecule has 1 amide bonds. The summed E-state index contributed by atoms with van der Waals surface area (Å²) in [5, 5.41) is 2.74. The largest absolute Gasteiger partial charge is 0.396 e. The Labute approximate surface area is 102 Å². The number of fused-ring (bicyclic) bond motifs is 1. The molecule has 2 aromatic rings. The van der Waals surface area contributed by atoms with E-state index >= 15 is 0 Å². The smallest absolute Gasteiger partial charge is 0.263 e. The molecule has 2 heterocycles. The maximum absolute atomic E-state index is 11.9. The fourth-order valence-electron chi connectivity index (χ4n) is 1.32. The summed E-state index contributed by atoms with van der Waals surface area (Å²) < 4.78 is 0. The zero-order chi connectivity index (χ0) is 12.4. The lowest BCUT2D eigenvalue weighted by Gasteiger charge is -2.02. The van der Waals surface area contributed by atoms with Gasteiger partial charge in [0.05, 0.1) is 5.69 Å². The van der Waals surface area contributed by atoms with Gasteiger partial charge in [-0.25, -0.2) is 9.97 Å². The van der Waals surface area contributed by atoms with Crippen molar-refractivity contribution in [1.29, 1.82) is 0 Å². The van der Waals surface area contributed by atoms with Crippen molar-refractivity contribution in [2.45, 2.75) is 6.92 Å². The molecule has 88 valence electrons. The molecule has 0 saturated heterocycles.